The van der Waals surface area contributed by atoms with Gasteiger partial charge < -0.3 is 19.3 Å². The van der Waals surface area contributed by atoms with Crippen molar-refractivity contribution in [1.29, 1.82) is 0 Å². The molecule has 26 heavy (non-hydrogen) atoms. The van der Waals surface area contributed by atoms with Crippen LogP contribution in [-0.2, 0) is 0 Å². The molecule has 1 aliphatic heterocycles. The van der Waals surface area contributed by atoms with Gasteiger partial charge in [0.05, 0.1) is 19.8 Å². The lowest BCUT2D eigenvalue weighted by atomic mass is 10.1. The third-order valence-electron chi connectivity index (χ3n) is 4.72. The molecule has 0 N–H and O–H groups in total. The Morgan fingerprint density at radius 2 is 1.73 bits per heavy atom. The van der Waals surface area contributed by atoms with Gasteiger partial charge >= 0.3 is 0 Å². The van der Waals surface area contributed by atoms with E-state index in [1.807, 2.05) is 23.1 Å². The zero-order valence-electron chi connectivity index (χ0n) is 15.3. The Bertz CT molecular complexity index is 802. The predicted molar refractivity (Wildman–Crippen MR) is 104 cm³/mol. The molecular formula is C20H23ClN2O3. The molecule has 138 valence electrons. The second-order valence-electron chi connectivity index (χ2n) is 6.28. The summed E-state index contributed by atoms with van der Waals surface area (Å²) in [5.41, 5.74) is 2.87. The highest BCUT2D eigenvalue weighted by atomic mass is 35.5. The van der Waals surface area contributed by atoms with Crippen molar-refractivity contribution < 1.29 is 14.3 Å². The van der Waals surface area contributed by atoms with Crippen molar-refractivity contribution in [3.63, 3.8) is 0 Å². The van der Waals surface area contributed by atoms with E-state index in [4.69, 9.17) is 21.1 Å². The van der Waals surface area contributed by atoms with Crippen molar-refractivity contribution >= 4 is 23.2 Å². The van der Waals surface area contributed by atoms with Crippen LogP contribution in [0.2, 0.25) is 5.02 Å². The molecule has 1 amide bonds. The van der Waals surface area contributed by atoms with Gasteiger partial charge in [0.25, 0.3) is 5.91 Å². The number of halogens is 1. The van der Waals surface area contributed by atoms with E-state index in [0.29, 0.717) is 30.2 Å². The summed E-state index contributed by atoms with van der Waals surface area (Å²) in [6.07, 6.45) is 0. The van der Waals surface area contributed by atoms with Gasteiger partial charge in [-0.05, 0) is 36.8 Å². The number of aryl methyl sites for hydroxylation is 1. The maximum absolute atomic E-state index is 12.9. The van der Waals surface area contributed by atoms with Gasteiger partial charge in [-0.3, -0.25) is 4.79 Å². The van der Waals surface area contributed by atoms with Gasteiger partial charge in [-0.1, -0.05) is 17.7 Å². The lowest BCUT2D eigenvalue weighted by Crippen LogP contribution is -2.49. The van der Waals surface area contributed by atoms with Crippen LogP contribution in [0.4, 0.5) is 5.69 Å². The Morgan fingerprint density at radius 3 is 2.38 bits per heavy atom. The van der Waals surface area contributed by atoms with Gasteiger partial charge in [0.15, 0.2) is 0 Å². The molecule has 0 unspecified atom stereocenters. The molecule has 1 saturated heterocycles. The topological polar surface area (TPSA) is 42.0 Å². The van der Waals surface area contributed by atoms with Crippen LogP contribution in [0.25, 0.3) is 0 Å². The lowest BCUT2D eigenvalue weighted by Gasteiger charge is -2.37. The van der Waals surface area contributed by atoms with Crippen molar-refractivity contribution in [2.24, 2.45) is 0 Å². The normalized spacial score (nSPS) is 14.3. The molecule has 1 fully saturated rings. The molecular weight excluding hydrogens is 352 g/mol. The van der Waals surface area contributed by atoms with E-state index in [1.165, 1.54) is 5.56 Å². The van der Waals surface area contributed by atoms with Gasteiger partial charge in [-0.25, -0.2) is 0 Å². The summed E-state index contributed by atoms with van der Waals surface area (Å²) >= 11 is 6.14. The number of benzene rings is 2. The lowest BCUT2D eigenvalue weighted by molar-refractivity contribution is 0.0743. The summed E-state index contributed by atoms with van der Waals surface area (Å²) in [4.78, 5) is 17.0. The quantitative estimate of drug-likeness (QED) is 0.819. The molecule has 0 bridgehead atoms. The minimum atomic E-state index is -0.0213. The van der Waals surface area contributed by atoms with Crippen molar-refractivity contribution in [3.8, 4) is 11.5 Å². The first-order chi connectivity index (χ1) is 12.5. The van der Waals surface area contributed by atoms with E-state index >= 15 is 0 Å². The summed E-state index contributed by atoms with van der Waals surface area (Å²) < 4.78 is 10.6. The predicted octanol–water partition coefficient (Wildman–Crippen LogP) is 3.63. The van der Waals surface area contributed by atoms with E-state index < -0.39 is 0 Å². The Hall–Kier alpha value is -2.40. The fourth-order valence-electron chi connectivity index (χ4n) is 3.22. The highest BCUT2D eigenvalue weighted by Gasteiger charge is 2.25. The SMILES string of the molecule is COc1ccc(C(=O)N2CCN(c3cc(Cl)ccc3C)CC2)c(OC)c1. The number of amides is 1. The highest BCUT2D eigenvalue weighted by Crippen LogP contribution is 2.28. The number of methoxy groups -OCH3 is 2. The summed E-state index contributed by atoms with van der Waals surface area (Å²) in [7, 11) is 3.15. The number of nitrogens with zero attached hydrogens (tertiary/aromatic N) is 2. The Labute approximate surface area is 159 Å². The first kappa shape index (κ1) is 18.4. The first-order valence-electron chi connectivity index (χ1n) is 8.56. The average molecular weight is 375 g/mol. The van der Waals surface area contributed by atoms with E-state index in [-0.39, 0.29) is 5.91 Å². The molecule has 1 heterocycles. The third-order valence-corrected chi connectivity index (χ3v) is 4.95. The van der Waals surface area contributed by atoms with Crippen LogP contribution < -0.4 is 14.4 Å². The molecule has 0 radical (unpaired) electrons. The number of anilines is 1. The molecule has 6 heteroatoms. The molecule has 2 aromatic rings. The monoisotopic (exact) mass is 374 g/mol. The molecule has 5 nitrogen and oxygen atoms in total. The molecule has 0 aliphatic carbocycles. The van der Waals surface area contributed by atoms with Gasteiger partial charge in [0.2, 0.25) is 0 Å². The molecule has 2 aromatic carbocycles. The van der Waals surface area contributed by atoms with Crippen LogP contribution in [0.5, 0.6) is 11.5 Å². The van der Waals surface area contributed by atoms with Crippen LogP contribution in [0.1, 0.15) is 15.9 Å². The highest BCUT2D eigenvalue weighted by molar-refractivity contribution is 6.30. The zero-order valence-corrected chi connectivity index (χ0v) is 16.0. The largest absolute Gasteiger partial charge is 0.497 e. The van der Waals surface area contributed by atoms with Crippen LogP contribution in [0, 0.1) is 6.92 Å². The van der Waals surface area contributed by atoms with Crippen LogP contribution in [0.3, 0.4) is 0 Å². The van der Waals surface area contributed by atoms with E-state index in [9.17, 15) is 4.79 Å². The molecule has 0 aromatic heterocycles. The third kappa shape index (κ3) is 3.73. The first-order valence-corrected chi connectivity index (χ1v) is 8.93. The molecule has 1 aliphatic rings. The zero-order chi connectivity index (χ0) is 18.7. The van der Waals surface area contributed by atoms with E-state index in [2.05, 4.69) is 11.8 Å². The smallest absolute Gasteiger partial charge is 0.257 e. The Balaban J connectivity index is 1.72. The summed E-state index contributed by atoms with van der Waals surface area (Å²) in [6.45, 7) is 4.92. The summed E-state index contributed by atoms with van der Waals surface area (Å²) in [5, 5.41) is 0.729. The van der Waals surface area contributed by atoms with Crippen LogP contribution >= 0.6 is 11.6 Å². The van der Waals surface area contributed by atoms with Gasteiger partial charge in [-0.15, -0.1) is 0 Å². The number of carbonyl (C=O) groups excluding carboxylic acids is 1. The average Bonchev–Trinajstić information content (AvgIpc) is 2.69. The van der Waals surface area contributed by atoms with Gasteiger partial charge in [0, 0.05) is 43.0 Å². The van der Waals surface area contributed by atoms with Crippen molar-refractivity contribution in [1.82, 2.24) is 4.90 Å². The maximum atomic E-state index is 12.9. The fourth-order valence-corrected chi connectivity index (χ4v) is 3.39. The number of carbonyl (C=O) groups is 1. The standard InChI is InChI=1S/C20H23ClN2O3/c1-14-4-5-15(21)12-18(14)22-8-10-23(11-9-22)20(24)17-7-6-16(25-2)13-19(17)26-3/h4-7,12-13H,8-11H2,1-3H3. The Kier molecular flexibility index (Phi) is 5.57. The van der Waals surface area contributed by atoms with Crippen molar-refractivity contribution in [3.05, 3.63) is 52.5 Å². The number of rotatable bonds is 4. The Morgan fingerprint density at radius 1 is 1.00 bits per heavy atom. The second-order valence-corrected chi connectivity index (χ2v) is 6.71. The molecule has 0 spiro atoms. The van der Waals surface area contributed by atoms with Crippen LogP contribution in [0.15, 0.2) is 36.4 Å². The fraction of sp³-hybridized carbons (Fsp3) is 0.350. The van der Waals surface area contributed by atoms with Crippen molar-refractivity contribution in [2.45, 2.75) is 6.92 Å². The van der Waals surface area contributed by atoms with Gasteiger partial charge in [0.1, 0.15) is 11.5 Å². The maximum Gasteiger partial charge on any atom is 0.257 e. The second kappa shape index (κ2) is 7.87. The molecule has 0 saturated carbocycles. The summed E-state index contributed by atoms with van der Waals surface area (Å²) in [5.74, 6) is 1.18. The van der Waals surface area contributed by atoms with Gasteiger partial charge in [-0.2, -0.15) is 0 Å². The minimum Gasteiger partial charge on any atom is -0.497 e. The number of hydrogen-bond donors (Lipinski definition) is 0. The van der Waals surface area contributed by atoms with E-state index in [0.717, 1.165) is 23.8 Å². The number of ether oxygens (including phenoxy) is 2. The summed E-state index contributed by atoms with van der Waals surface area (Å²) in [6, 6.07) is 11.2. The van der Waals surface area contributed by atoms with Crippen molar-refractivity contribution in [2.75, 3.05) is 45.3 Å². The molecule has 3 rings (SSSR count). The molecule has 0 atom stereocenters. The van der Waals surface area contributed by atoms with E-state index in [1.54, 1.807) is 32.4 Å². The number of piperazine rings is 1. The minimum absolute atomic E-state index is 0.0213. The van der Waals surface area contributed by atoms with Crippen LogP contribution in [-0.4, -0.2) is 51.2 Å². The number of hydrogen-bond acceptors (Lipinski definition) is 4.